The predicted molar refractivity (Wildman–Crippen MR) is 95.2 cm³/mol. The number of rotatable bonds is 6. The van der Waals surface area contributed by atoms with Gasteiger partial charge in [-0.1, -0.05) is 32.0 Å². The Morgan fingerprint density at radius 2 is 1.65 bits per heavy atom. The van der Waals surface area contributed by atoms with Crippen LogP contribution in [0.2, 0.25) is 0 Å². The number of carbonyl (C=O) groups is 1. The van der Waals surface area contributed by atoms with Crippen molar-refractivity contribution in [2.75, 3.05) is 11.9 Å². The number of hydrogen-bond acceptors (Lipinski definition) is 2. The molecule has 2 aromatic carbocycles. The molecule has 0 fully saturated rings. The Bertz CT molecular complexity index is 640. The van der Waals surface area contributed by atoms with Crippen molar-refractivity contribution in [3.63, 3.8) is 0 Å². The molecule has 0 saturated carbocycles. The summed E-state index contributed by atoms with van der Waals surface area (Å²) in [5.74, 6) is 1.27. The maximum absolute atomic E-state index is 12.0. The van der Waals surface area contributed by atoms with Crippen molar-refractivity contribution < 1.29 is 9.53 Å². The summed E-state index contributed by atoms with van der Waals surface area (Å²) in [7, 11) is 0. The van der Waals surface area contributed by atoms with Gasteiger partial charge in [0.2, 0.25) is 5.91 Å². The molecule has 3 heteroatoms. The van der Waals surface area contributed by atoms with Crippen LogP contribution in [0.25, 0.3) is 0 Å². The molecule has 2 aromatic rings. The fourth-order valence-corrected chi connectivity index (χ4v) is 2.45. The van der Waals surface area contributed by atoms with Crippen LogP contribution in [0.15, 0.2) is 42.5 Å². The number of hydrogen-bond donors (Lipinski definition) is 1. The van der Waals surface area contributed by atoms with E-state index in [0.29, 0.717) is 18.9 Å². The Balaban J connectivity index is 1.80. The Kier molecular flexibility index (Phi) is 5.80. The van der Waals surface area contributed by atoms with Crippen molar-refractivity contribution in [1.29, 1.82) is 0 Å². The van der Waals surface area contributed by atoms with Gasteiger partial charge in [-0.05, 0) is 60.7 Å². The van der Waals surface area contributed by atoms with E-state index in [1.807, 2.05) is 50.2 Å². The van der Waals surface area contributed by atoms with Crippen molar-refractivity contribution in [2.24, 2.45) is 0 Å². The number of carbonyl (C=O) groups excluding carboxylic acids is 1. The summed E-state index contributed by atoms with van der Waals surface area (Å²) >= 11 is 0. The third-order valence-electron chi connectivity index (χ3n) is 3.65. The predicted octanol–water partition coefficient (Wildman–Crippen LogP) is 4.83. The second-order valence-electron chi connectivity index (χ2n) is 6.25. The van der Waals surface area contributed by atoms with E-state index >= 15 is 0 Å². The van der Waals surface area contributed by atoms with E-state index in [0.717, 1.165) is 22.6 Å². The first kappa shape index (κ1) is 17.1. The zero-order chi connectivity index (χ0) is 16.8. The molecule has 0 radical (unpaired) electrons. The minimum absolute atomic E-state index is 0.0355. The Morgan fingerprint density at radius 3 is 2.22 bits per heavy atom. The minimum Gasteiger partial charge on any atom is -0.493 e. The maximum atomic E-state index is 12.0. The molecule has 3 nitrogen and oxygen atoms in total. The Labute approximate surface area is 138 Å². The van der Waals surface area contributed by atoms with Gasteiger partial charge in [-0.15, -0.1) is 0 Å². The smallest absolute Gasteiger partial charge is 0.227 e. The second kappa shape index (κ2) is 7.82. The lowest BCUT2D eigenvalue weighted by molar-refractivity contribution is -0.116. The van der Waals surface area contributed by atoms with Crippen LogP contribution in [-0.2, 0) is 4.79 Å². The van der Waals surface area contributed by atoms with E-state index in [-0.39, 0.29) is 5.91 Å². The number of benzene rings is 2. The third-order valence-corrected chi connectivity index (χ3v) is 3.65. The summed E-state index contributed by atoms with van der Waals surface area (Å²) < 4.78 is 5.67. The lowest BCUT2D eigenvalue weighted by atomic mass is 10.0. The van der Waals surface area contributed by atoms with Crippen molar-refractivity contribution in [3.05, 3.63) is 59.2 Å². The van der Waals surface area contributed by atoms with E-state index in [9.17, 15) is 4.79 Å². The van der Waals surface area contributed by atoms with E-state index in [2.05, 4.69) is 25.2 Å². The van der Waals surface area contributed by atoms with E-state index in [4.69, 9.17) is 4.74 Å². The molecule has 0 aliphatic rings. The molecular formula is C20H25NO2. The first-order valence-corrected chi connectivity index (χ1v) is 8.05. The van der Waals surface area contributed by atoms with Gasteiger partial charge in [0.25, 0.3) is 0 Å². The van der Waals surface area contributed by atoms with Gasteiger partial charge in [-0.3, -0.25) is 4.79 Å². The summed E-state index contributed by atoms with van der Waals surface area (Å²) in [6, 6.07) is 14.0. The molecule has 0 heterocycles. The molecule has 0 spiro atoms. The molecule has 0 unspecified atom stereocenters. The molecular weight excluding hydrogens is 286 g/mol. The van der Waals surface area contributed by atoms with Gasteiger partial charge in [0, 0.05) is 5.69 Å². The van der Waals surface area contributed by atoms with E-state index in [1.165, 1.54) is 5.56 Å². The Morgan fingerprint density at radius 1 is 1.04 bits per heavy atom. The molecule has 0 saturated heterocycles. The zero-order valence-corrected chi connectivity index (χ0v) is 14.3. The average molecular weight is 311 g/mol. The lowest BCUT2D eigenvalue weighted by Gasteiger charge is -2.10. The van der Waals surface area contributed by atoms with Gasteiger partial charge in [-0.25, -0.2) is 0 Å². The number of nitrogens with one attached hydrogen (secondary N) is 1. The molecule has 23 heavy (non-hydrogen) atoms. The summed E-state index contributed by atoms with van der Waals surface area (Å²) in [4.78, 5) is 12.0. The van der Waals surface area contributed by atoms with Crippen molar-refractivity contribution in [2.45, 2.75) is 40.0 Å². The van der Waals surface area contributed by atoms with Crippen LogP contribution < -0.4 is 10.1 Å². The van der Waals surface area contributed by atoms with Crippen LogP contribution in [0, 0.1) is 13.8 Å². The van der Waals surface area contributed by atoms with E-state index < -0.39 is 0 Å². The van der Waals surface area contributed by atoms with Crippen LogP contribution in [0.4, 0.5) is 5.69 Å². The van der Waals surface area contributed by atoms with Gasteiger partial charge in [0.05, 0.1) is 13.0 Å². The second-order valence-corrected chi connectivity index (χ2v) is 6.25. The molecule has 0 aliphatic carbocycles. The average Bonchev–Trinajstić information content (AvgIpc) is 2.46. The van der Waals surface area contributed by atoms with Crippen molar-refractivity contribution >= 4 is 11.6 Å². The number of ether oxygens (including phenoxy) is 1. The summed E-state index contributed by atoms with van der Waals surface area (Å²) in [6.45, 7) is 8.75. The molecule has 1 N–H and O–H groups in total. The standard InChI is InChI=1S/C20H25NO2/c1-14(2)17-5-7-18(8-6-17)21-20(22)9-10-23-19-12-15(3)11-16(4)13-19/h5-8,11-14H,9-10H2,1-4H3,(H,21,22). The first-order chi connectivity index (χ1) is 10.9. The highest BCUT2D eigenvalue weighted by atomic mass is 16.5. The van der Waals surface area contributed by atoms with Crippen LogP contribution in [0.1, 0.15) is 42.9 Å². The monoisotopic (exact) mass is 311 g/mol. The van der Waals surface area contributed by atoms with Crippen LogP contribution in [0.3, 0.4) is 0 Å². The van der Waals surface area contributed by atoms with Gasteiger partial charge in [0.1, 0.15) is 5.75 Å². The fourth-order valence-electron chi connectivity index (χ4n) is 2.45. The van der Waals surface area contributed by atoms with E-state index in [1.54, 1.807) is 0 Å². The van der Waals surface area contributed by atoms with Gasteiger partial charge in [-0.2, -0.15) is 0 Å². The van der Waals surface area contributed by atoms with Gasteiger partial charge < -0.3 is 10.1 Å². The summed E-state index contributed by atoms with van der Waals surface area (Å²) in [5.41, 5.74) is 4.41. The number of aryl methyl sites for hydroxylation is 2. The highest BCUT2D eigenvalue weighted by Gasteiger charge is 2.05. The molecule has 0 aliphatic heterocycles. The van der Waals surface area contributed by atoms with Gasteiger partial charge >= 0.3 is 0 Å². The van der Waals surface area contributed by atoms with Crippen LogP contribution >= 0.6 is 0 Å². The van der Waals surface area contributed by atoms with Crippen molar-refractivity contribution in [1.82, 2.24) is 0 Å². The molecule has 2 rings (SSSR count). The lowest BCUT2D eigenvalue weighted by Crippen LogP contribution is -2.15. The minimum atomic E-state index is -0.0355. The Hall–Kier alpha value is -2.29. The first-order valence-electron chi connectivity index (χ1n) is 8.05. The van der Waals surface area contributed by atoms with Crippen LogP contribution in [-0.4, -0.2) is 12.5 Å². The molecule has 0 atom stereocenters. The number of amides is 1. The highest BCUT2D eigenvalue weighted by molar-refractivity contribution is 5.90. The number of anilines is 1. The quantitative estimate of drug-likeness (QED) is 0.829. The largest absolute Gasteiger partial charge is 0.493 e. The summed E-state index contributed by atoms with van der Waals surface area (Å²) in [5, 5.41) is 2.90. The maximum Gasteiger partial charge on any atom is 0.227 e. The third kappa shape index (κ3) is 5.44. The fraction of sp³-hybridized carbons (Fsp3) is 0.350. The molecule has 122 valence electrons. The van der Waals surface area contributed by atoms with Crippen LogP contribution in [0.5, 0.6) is 5.75 Å². The highest BCUT2D eigenvalue weighted by Crippen LogP contribution is 2.18. The zero-order valence-electron chi connectivity index (χ0n) is 14.3. The molecule has 1 amide bonds. The SMILES string of the molecule is Cc1cc(C)cc(OCCC(=O)Nc2ccc(C(C)C)cc2)c1. The summed E-state index contributed by atoms with van der Waals surface area (Å²) in [6.07, 6.45) is 0.332. The van der Waals surface area contributed by atoms with Gasteiger partial charge in [0.15, 0.2) is 0 Å². The topological polar surface area (TPSA) is 38.3 Å². The van der Waals surface area contributed by atoms with Crippen molar-refractivity contribution in [3.8, 4) is 5.75 Å². The normalized spacial score (nSPS) is 10.7. The molecule has 0 aromatic heterocycles. The molecule has 0 bridgehead atoms.